The van der Waals surface area contributed by atoms with Gasteiger partial charge in [-0.1, -0.05) is 93.5 Å². The molecule has 16 nitrogen and oxygen atoms in total. The van der Waals surface area contributed by atoms with E-state index in [0.717, 1.165) is 62.1 Å². The molecule has 1 unspecified atom stereocenters. The molecule has 8 rings (SSSR count). The number of imide groups is 6. The average Bonchev–Trinajstić information content (AvgIpc) is 3.74. The Morgan fingerprint density at radius 1 is 0.579 bits per heavy atom. The highest BCUT2D eigenvalue weighted by atomic mass is 19.2. The van der Waals surface area contributed by atoms with Crippen molar-refractivity contribution in [3.8, 4) is 0 Å². The van der Waals surface area contributed by atoms with Crippen molar-refractivity contribution >= 4 is 36.1 Å². The van der Waals surface area contributed by atoms with Gasteiger partial charge in [-0.25, -0.2) is 36.7 Å². The van der Waals surface area contributed by atoms with E-state index in [1.54, 1.807) is 38.1 Å². The molecule has 0 spiro atoms. The van der Waals surface area contributed by atoms with Crippen molar-refractivity contribution in [1.29, 1.82) is 0 Å². The number of nitrogens with one attached hydrogen (secondary N) is 2. The Kier molecular flexibility index (Phi) is 18.7. The number of hydrogen-bond donors (Lipinski definition) is 2. The summed E-state index contributed by atoms with van der Waals surface area (Å²) < 4.78 is 69.8. The van der Waals surface area contributed by atoms with Gasteiger partial charge in [-0.05, 0) is 123 Å². The fourth-order valence-electron chi connectivity index (χ4n) is 10.7. The number of hydrogen-bond acceptors (Lipinski definition) is 10. The van der Waals surface area contributed by atoms with Gasteiger partial charge in [0.15, 0.2) is 34.3 Å². The second kappa shape index (κ2) is 23.8. The molecule has 2 aromatic heterocycles. The summed E-state index contributed by atoms with van der Waals surface area (Å²) in [7, 11) is 0. The van der Waals surface area contributed by atoms with Gasteiger partial charge in [0, 0.05) is 23.5 Å². The van der Waals surface area contributed by atoms with Crippen LogP contribution in [-0.4, -0.2) is 67.2 Å². The van der Waals surface area contributed by atoms with Crippen LogP contribution in [0.4, 0.5) is 36.7 Å². The Balaban J connectivity index is 0.000000274. The number of halogens is 4. The van der Waals surface area contributed by atoms with Crippen molar-refractivity contribution in [3.05, 3.63) is 139 Å². The van der Waals surface area contributed by atoms with Crippen molar-refractivity contribution in [2.45, 2.75) is 145 Å². The summed E-state index contributed by atoms with van der Waals surface area (Å²) in [6, 6.07) is 9.69. The van der Waals surface area contributed by atoms with Gasteiger partial charge in [-0.15, -0.1) is 0 Å². The van der Waals surface area contributed by atoms with E-state index >= 15 is 0 Å². The summed E-state index contributed by atoms with van der Waals surface area (Å²) in [5, 5.41) is 4.95. The van der Waals surface area contributed by atoms with E-state index in [-0.39, 0.29) is 49.7 Å². The largest absolute Gasteiger partial charge is 0.445 e. The smallest absolute Gasteiger partial charge is 0.425 e. The van der Waals surface area contributed by atoms with Crippen LogP contribution >= 0.6 is 0 Å². The molecule has 2 aliphatic heterocycles. The summed E-state index contributed by atoms with van der Waals surface area (Å²) in [6.45, 7) is 14.5. The lowest BCUT2D eigenvalue weighted by atomic mass is 9.75. The third-order valence-electron chi connectivity index (χ3n) is 15.0. The maximum absolute atomic E-state index is 14.3. The number of amides is 8. The summed E-state index contributed by atoms with van der Waals surface area (Å²) in [5.41, 5.74) is -4.44. The normalized spacial score (nSPS) is 25.2. The van der Waals surface area contributed by atoms with Crippen LogP contribution in [0.1, 0.15) is 117 Å². The van der Waals surface area contributed by atoms with Crippen LogP contribution in [-0.2, 0) is 43.2 Å². The Bertz CT molecular complexity index is 2780. The first-order valence-electron chi connectivity index (χ1n) is 24.9. The third kappa shape index (κ3) is 11.8. The SMILES string of the molecule is C.C.Cc1cccn(CC2(c3ccc(F)c(F)c3)NC(=O)N(C(=O)O[C@@H]3C[C@H](C)CC[C@H]3C(C)C)C2=O)c1=O.Cc1cccn(C[C@@]2(c3ccc(F)c(F)c3)NC(=O)N(C(=O)O[C@@H]3C[C@H](C)CC[C@H]3C(C)C)C2=O)c1=O. The van der Waals surface area contributed by atoms with Gasteiger partial charge < -0.3 is 29.2 Å². The van der Waals surface area contributed by atoms with Crippen LogP contribution in [0.3, 0.4) is 0 Å². The van der Waals surface area contributed by atoms with E-state index in [9.17, 15) is 55.9 Å². The molecule has 4 aromatic rings. The molecule has 2 aliphatic carbocycles. The first-order valence-corrected chi connectivity index (χ1v) is 24.9. The topological polar surface area (TPSA) is 195 Å². The van der Waals surface area contributed by atoms with E-state index in [1.165, 1.54) is 21.5 Å². The van der Waals surface area contributed by atoms with Crippen LogP contribution in [0.15, 0.2) is 82.6 Å². The zero-order valence-electron chi connectivity index (χ0n) is 42.6. The molecule has 2 saturated carbocycles. The van der Waals surface area contributed by atoms with Crippen molar-refractivity contribution in [1.82, 2.24) is 29.6 Å². The van der Waals surface area contributed by atoms with Crippen LogP contribution in [0.25, 0.3) is 0 Å². The number of urea groups is 2. The molecule has 2 saturated heterocycles. The molecule has 0 radical (unpaired) electrons. The highest BCUT2D eigenvalue weighted by Gasteiger charge is 2.58. The predicted molar refractivity (Wildman–Crippen MR) is 274 cm³/mol. The number of aryl methyl sites for hydroxylation is 2. The first kappa shape index (κ1) is 59.8. The van der Waals surface area contributed by atoms with Gasteiger partial charge in [0.25, 0.3) is 22.9 Å². The van der Waals surface area contributed by atoms with E-state index in [0.29, 0.717) is 45.6 Å². The number of ether oxygens (including phenoxy) is 2. The molecule has 8 amide bonds. The molecule has 4 aliphatic rings. The zero-order chi connectivity index (χ0) is 54.1. The summed E-state index contributed by atoms with van der Waals surface area (Å²) in [6.07, 6.45) is 4.50. The van der Waals surface area contributed by atoms with Crippen LogP contribution < -0.4 is 21.8 Å². The lowest BCUT2D eigenvalue weighted by molar-refractivity contribution is -0.132. The predicted octanol–water partition coefficient (Wildman–Crippen LogP) is 10.2. The van der Waals surface area contributed by atoms with Gasteiger partial charge in [0.05, 0.1) is 13.1 Å². The van der Waals surface area contributed by atoms with E-state index in [2.05, 4.69) is 24.5 Å². The molecule has 8 atom stereocenters. The second-order valence-corrected chi connectivity index (χ2v) is 21.0. The Labute approximate surface area is 440 Å². The molecule has 4 heterocycles. The molecule has 2 N–H and O–H groups in total. The summed E-state index contributed by atoms with van der Waals surface area (Å²) in [5.74, 6) is -5.64. The fourth-order valence-corrected chi connectivity index (χ4v) is 10.7. The molecule has 4 fully saturated rings. The van der Waals surface area contributed by atoms with Crippen LogP contribution in [0.2, 0.25) is 0 Å². The fraction of sp³-hybridized carbons (Fsp3) is 0.500. The lowest BCUT2D eigenvalue weighted by Gasteiger charge is -2.37. The van der Waals surface area contributed by atoms with E-state index < -0.39 is 107 Å². The molecule has 20 heteroatoms. The second-order valence-electron chi connectivity index (χ2n) is 21.0. The number of pyridine rings is 2. The lowest BCUT2D eigenvalue weighted by Crippen LogP contribution is -2.50. The van der Waals surface area contributed by atoms with Gasteiger partial charge in [0.2, 0.25) is 0 Å². The Morgan fingerprint density at radius 3 is 1.26 bits per heavy atom. The molecule has 76 heavy (non-hydrogen) atoms. The maximum atomic E-state index is 14.3. The number of carbonyl (C=O) groups excluding carboxylic acids is 6. The van der Waals surface area contributed by atoms with Gasteiger partial charge >= 0.3 is 24.2 Å². The number of carbonyl (C=O) groups is 6. The highest BCUT2D eigenvalue weighted by Crippen LogP contribution is 2.39. The quantitative estimate of drug-likeness (QED) is 0.114. The maximum Gasteiger partial charge on any atom is 0.425 e. The van der Waals surface area contributed by atoms with Gasteiger partial charge in [0.1, 0.15) is 12.2 Å². The van der Waals surface area contributed by atoms with Crippen LogP contribution in [0, 0.1) is 72.6 Å². The Hall–Kier alpha value is -7.12. The molecular weight excluding hydrogens is 993 g/mol. The van der Waals surface area contributed by atoms with Crippen molar-refractivity contribution in [2.24, 2.45) is 35.5 Å². The minimum absolute atomic E-state index is 0. The molecular formula is C56H70F4N6O10. The summed E-state index contributed by atoms with van der Waals surface area (Å²) in [4.78, 5) is 106. The minimum atomic E-state index is -2.04. The van der Waals surface area contributed by atoms with Crippen molar-refractivity contribution in [2.75, 3.05) is 0 Å². The number of aromatic nitrogens is 2. The Morgan fingerprint density at radius 2 is 0.934 bits per heavy atom. The van der Waals surface area contributed by atoms with Crippen molar-refractivity contribution in [3.63, 3.8) is 0 Å². The average molecular weight is 1060 g/mol. The monoisotopic (exact) mass is 1060 g/mol. The molecule has 0 bridgehead atoms. The number of rotatable bonds is 10. The molecule has 412 valence electrons. The third-order valence-corrected chi connectivity index (χ3v) is 15.0. The first-order chi connectivity index (χ1) is 34.9. The molecule has 2 aromatic carbocycles. The highest BCUT2D eigenvalue weighted by molar-refractivity contribution is 6.18. The van der Waals surface area contributed by atoms with E-state index in [1.807, 2.05) is 27.7 Å². The standard InChI is InChI=1S/2C27H31F2N3O5.2CH4/c2*1-15(2)19-9-7-16(3)12-22(19)37-26(36)32-24(34)27(30-25(32)35,18-8-10-20(28)21(29)13-18)14-31-11-5-6-17(4)23(31)33;;/h2*5-6,8,10-11,13,15-16,19,22H,7,9,12,14H2,1-4H3,(H,30,35);2*1H4/t16-,19+,22-,27?;16-,19+,22-,27+;;/m11../s1. The number of benzene rings is 2. The minimum Gasteiger partial charge on any atom is -0.445 e. The zero-order valence-corrected chi connectivity index (χ0v) is 42.6. The van der Waals surface area contributed by atoms with Crippen molar-refractivity contribution < 1.29 is 55.8 Å². The van der Waals surface area contributed by atoms with Gasteiger partial charge in [-0.3, -0.25) is 19.2 Å². The van der Waals surface area contributed by atoms with E-state index in [4.69, 9.17) is 9.47 Å². The number of nitrogens with zero attached hydrogens (tertiary/aromatic N) is 4. The van der Waals surface area contributed by atoms with Crippen LogP contribution in [0.5, 0.6) is 0 Å². The van der Waals surface area contributed by atoms with Gasteiger partial charge in [-0.2, -0.15) is 9.80 Å². The summed E-state index contributed by atoms with van der Waals surface area (Å²) >= 11 is 0.